The molecule has 0 spiro atoms. The van der Waals surface area contributed by atoms with E-state index in [1.165, 1.54) is 11.3 Å². The third-order valence-electron chi connectivity index (χ3n) is 6.14. The number of carbonyl (C=O) groups is 1. The molecule has 1 aromatic heterocycles. The van der Waals surface area contributed by atoms with Gasteiger partial charge in [-0.1, -0.05) is 44.2 Å². The van der Waals surface area contributed by atoms with Crippen LogP contribution >= 0.6 is 0 Å². The smallest absolute Gasteiger partial charge is 0.222 e. The number of aryl methyl sites for hydroxylation is 1. The van der Waals surface area contributed by atoms with Gasteiger partial charge in [0.2, 0.25) is 5.91 Å². The number of carbonyl (C=O) groups excluding carboxylic acids is 1. The van der Waals surface area contributed by atoms with Gasteiger partial charge in [0.15, 0.2) is 0 Å². The number of hydrogen-bond acceptors (Lipinski definition) is 3. The van der Waals surface area contributed by atoms with E-state index >= 15 is 0 Å². The highest BCUT2D eigenvalue weighted by Gasteiger charge is 2.28. The van der Waals surface area contributed by atoms with E-state index in [9.17, 15) is 9.90 Å². The van der Waals surface area contributed by atoms with E-state index in [1.807, 2.05) is 42.2 Å². The van der Waals surface area contributed by atoms with Crippen molar-refractivity contribution in [1.29, 1.82) is 0 Å². The quantitative estimate of drug-likeness (QED) is 0.766. The molecule has 0 aliphatic carbocycles. The third kappa shape index (κ3) is 5.27. The summed E-state index contributed by atoms with van der Waals surface area (Å²) in [5.74, 6) is 0.989. The minimum Gasteiger partial charge on any atom is -0.388 e. The van der Waals surface area contributed by atoms with E-state index in [-0.39, 0.29) is 11.8 Å². The standard InChI is InChI=1S/C24H35N3O2/c1-17(2)16-27-19(4)22(18(3)25-27)10-11-23(28)26-14-12-21(13-15-26)24(29)20-8-6-5-7-9-20/h5-9,17,21,24,29H,10-16H2,1-4H3. The monoisotopic (exact) mass is 397 g/mol. The van der Waals surface area contributed by atoms with E-state index < -0.39 is 6.10 Å². The van der Waals surface area contributed by atoms with Gasteiger partial charge in [-0.15, -0.1) is 0 Å². The van der Waals surface area contributed by atoms with Crippen molar-refractivity contribution in [2.45, 2.75) is 66.0 Å². The van der Waals surface area contributed by atoms with Crippen LogP contribution in [0.15, 0.2) is 30.3 Å². The zero-order valence-corrected chi connectivity index (χ0v) is 18.3. The molecule has 0 bridgehead atoms. The van der Waals surface area contributed by atoms with Gasteiger partial charge in [0, 0.05) is 31.7 Å². The molecule has 2 aromatic rings. The molecule has 1 unspecified atom stereocenters. The van der Waals surface area contributed by atoms with Crippen molar-refractivity contribution >= 4 is 5.91 Å². The number of piperidine rings is 1. The van der Waals surface area contributed by atoms with Gasteiger partial charge < -0.3 is 10.0 Å². The molecule has 0 saturated carbocycles. The van der Waals surface area contributed by atoms with Crippen molar-refractivity contribution in [1.82, 2.24) is 14.7 Å². The number of aromatic nitrogens is 2. The second-order valence-electron chi connectivity index (χ2n) is 8.80. The summed E-state index contributed by atoms with van der Waals surface area (Å²) < 4.78 is 2.08. The molecule has 1 aromatic carbocycles. The van der Waals surface area contributed by atoms with E-state index in [4.69, 9.17) is 0 Å². The maximum atomic E-state index is 12.8. The molecule has 5 heteroatoms. The predicted octanol–water partition coefficient (Wildman–Crippen LogP) is 4.06. The Labute approximate surface area is 174 Å². The number of hydrogen-bond donors (Lipinski definition) is 1. The van der Waals surface area contributed by atoms with Gasteiger partial charge in [0.05, 0.1) is 11.8 Å². The zero-order valence-electron chi connectivity index (χ0n) is 18.3. The molecular weight excluding hydrogens is 362 g/mol. The maximum Gasteiger partial charge on any atom is 0.222 e. The Kier molecular flexibility index (Phi) is 7.12. The number of amides is 1. The molecule has 1 fully saturated rings. The lowest BCUT2D eigenvalue weighted by molar-refractivity contribution is -0.133. The first-order valence-electron chi connectivity index (χ1n) is 10.9. The predicted molar refractivity (Wildman–Crippen MR) is 116 cm³/mol. The second kappa shape index (κ2) is 9.57. The largest absolute Gasteiger partial charge is 0.388 e. The van der Waals surface area contributed by atoms with Crippen LogP contribution in [0, 0.1) is 25.7 Å². The number of nitrogens with zero attached hydrogens (tertiary/aromatic N) is 3. The lowest BCUT2D eigenvalue weighted by atomic mass is 9.87. The fraction of sp³-hybridized carbons (Fsp3) is 0.583. The minimum atomic E-state index is -0.439. The van der Waals surface area contributed by atoms with Crippen LogP contribution in [0.3, 0.4) is 0 Å². The van der Waals surface area contributed by atoms with Crippen LogP contribution in [-0.2, 0) is 17.8 Å². The van der Waals surface area contributed by atoms with Crippen molar-refractivity contribution in [2.24, 2.45) is 11.8 Å². The van der Waals surface area contributed by atoms with Crippen LogP contribution in [0.5, 0.6) is 0 Å². The van der Waals surface area contributed by atoms with Crippen molar-refractivity contribution in [3.63, 3.8) is 0 Å². The Hall–Kier alpha value is -2.14. The van der Waals surface area contributed by atoms with Crippen LogP contribution in [0.2, 0.25) is 0 Å². The van der Waals surface area contributed by atoms with Gasteiger partial charge in [-0.3, -0.25) is 9.48 Å². The van der Waals surface area contributed by atoms with Gasteiger partial charge in [0.1, 0.15) is 0 Å². The molecule has 1 saturated heterocycles. The normalized spacial score (nSPS) is 16.4. The minimum absolute atomic E-state index is 0.216. The highest BCUT2D eigenvalue weighted by Crippen LogP contribution is 2.31. The molecule has 29 heavy (non-hydrogen) atoms. The molecule has 1 atom stereocenters. The van der Waals surface area contributed by atoms with Crippen LogP contribution in [0.4, 0.5) is 0 Å². The third-order valence-corrected chi connectivity index (χ3v) is 6.14. The Morgan fingerprint density at radius 2 is 1.83 bits per heavy atom. The summed E-state index contributed by atoms with van der Waals surface area (Å²) in [5.41, 5.74) is 4.42. The summed E-state index contributed by atoms with van der Waals surface area (Å²) in [4.78, 5) is 14.7. The molecule has 158 valence electrons. The summed E-state index contributed by atoms with van der Waals surface area (Å²) in [6.45, 7) is 10.9. The van der Waals surface area contributed by atoms with Crippen molar-refractivity contribution in [2.75, 3.05) is 13.1 Å². The molecular formula is C24H35N3O2. The van der Waals surface area contributed by atoms with E-state index in [1.54, 1.807) is 0 Å². The number of aliphatic hydroxyl groups excluding tert-OH is 1. The van der Waals surface area contributed by atoms with Crippen LogP contribution < -0.4 is 0 Å². The number of benzene rings is 1. The van der Waals surface area contributed by atoms with Crippen molar-refractivity contribution in [3.8, 4) is 0 Å². The van der Waals surface area contributed by atoms with E-state index in [2.05, 4.69) is 30.6 Å². The fourth-order valence-corrected chi connectivity index (χ4v) is 4.40. The van der Waals surface area contributed by atoms with Crippen LogP contribution in [0.25, 0.3) is 0 Å². The summed E-state index contributed by atoms with van der Waals surface area (Å²) in [6, 6.07) is 9.85. The Morgan fingerprint density at radius 1 is 1.17 bits per heavy atom. The van der Waals surface area contributed by atoms with Gasteiger partial charge in [-0.05, 0) is 56.1 Å². The SMILES string of the molecule is Cc1nn(CC(C)C)c(C)c1CCC(=O)N1CCC(C(O)c2ccccc2)CC1. The maximum absolute atomic E-state index is 12.8. The highest BCUT2D eigenvalue weighted by molar-refractivity contribution is 5.76. The molecule has 1 N–H and O–H groups in total. The Morgan fingerprint density at radius 3 is 2.45 bits per heavy atom. The first kappa shape index (κ1) is 21.6. The summed E-state index contributed by atoms with van der Waals surface area (Å²) in [7, 11) is 0. The average molecular weight is 398 g/mol. The average Bonchev–Trinajstić information content (AvgIpc) is 2.98. The van der Waals surface area contributed by atoms with Crippen molar-refractivity contribution < 1.29 is 9.90 Å². The summed E-state index contributed by atoms with van der Waals surface area (Å²) >= 11 is 0. The summed E-state index contributed by atoms with van der Waals surface area (Å²) in [6.07, 6.45) is 2.55. The molecule has 1 amide bonds. The first-order chi connectivity index (χ1) is 13.9. The van der Waals surface area contributed by atoms with Crippen molar-refractivity contribution in [3.05, 3.63) is 52.8 Å². The van der Waals surface area contributed by atoms with E-state index in [0.29, 0.717) is 12.3 Å². The zero-order chi connectivity index (χ0) is 21.0. The topological polar surface area (TPSA) is 58.4 Å². The van der Waals surface area contributed by atoms with Crippen LogP contribution in [-0.4, -0.2) is 38.8 Å². The molecule has 5 nitrogen and oxygen atoms in total. The van der Waals surface area contributed by atoms with Crippen LogP contribution in [0.1, 0.15) is 61.7 Å². The first-order valence-corrected chi connectivity index (χ1v) is 10.9. The van der Waals surface area contributed by atoms with Gasteiger partial charge in [0.25, 0.3) is 0 Å². The lowest BCUT2D eigenvalue weighted by Gasteiger charge is -2.34. The van der Waals surface area contributed by atoms with Gasteiger partial charge >= 0.3 is 0 Å². The molecule has 0 radical (unpaired) electrons. The number of rotatable bonds is 7. The van der Waals surface area contributed by atoms with E-state index in [0.717, 1.165) is 50.2 Å². The molecule has 3 rings (SSSR count). The summed E-state index contributed by atoms with van der Waals surface area (Å²) in [5, 5.41) is 15.3. The fourth-order valence-electron chi connectivity index (χ4n) is 4.40. The van der Waals surface area contributed by atoms with Gasteiger partial charge in [-0.25, -0.2) is 0 Å². The highest BCUT2D eigenvalue weighted by atomic mass is 16.3. The number of aliphatic hydroxyl groups is 1. The van der Waals surface area contributed by atoms with Gasteiger partial charge in [-0.2, -0.15) is 5.10 Å². The second-order valence-corrected chi connectivity index (χ2v) is 8.80. The Balaban J connectivity index is 1.51. The Bertz CT molecular complexity index is 805. The number of likely N-dealkylation sites (tertiary alicyclic amines) is 1. The molecule has 2 heterocycles. The molecule has 1 aliphatic heterocycles. The lowest BCUT2D eigenvalue weighted by Crippen LogP contribution is -2.39. The molecule has 1 aliphatic rings.